The Morgan fingerprint density at radius 1 is 1.58 bits per heavy atom. The highest BCUT2D eigenvalue weighted by molar-refractivity contribution is 9.10. The lowest BCUT2D eigenvalue weighted by Gasteiger charge is -2.00. The molecule has 0 atom stereocenters. The highest BCUT2D eigenvalue weighted by Gasteiger charge is 1.92. The zero-order chi connectivity index (χ0) is 8.81. The molecule has 3 nitrogen and oxygen atoms in total. The molecule has 4 heteroatoms. The molecule has 0 aliphatic carbocycles. The highest BCUT2D eigenvalue weighted by atomic mass is 79.9. The summed E-state index contributed by atoms with van der Waals surface area (Å²) in [5.41, 5.74) is 0. The van der Waals surface area contributed by atoms with Crippen molar-refractivity contribution in [3.05, 3.63) is 29.1 Å². The first kappa shape index (κ1) is 9.19. The first-order valence-electron chi connectivity index (χ1n) is 3.65. The van der Waals surface area contributed by atoms with Crippen LogP contribution >= 0.6 is 15.9 Å². The SMILES string of the molecule is C/C=C/CNc1cc(Br)ncn1. The molecular weight excluding hydrogens is 218 g/mol. The van der Waals surface area contributed by atoms with E-state index in [1.54, 1.807) is 0 Å². The minimum Gasteiger partial charge on any atom is -0.366 e. The van der Waals surface area contributed by atoms with Crippen molar-refractivity contribution in [2.75, 3.05) is 11.9 Å². The largest absolute Gasteiger partial charge is 0.366 e. The van der Waals surface area contributed by atoms with Gasteiger partial charge in [0.15, 0.2) is 0 Å². The van der Waals surface area contributed by atoms with Gasteiger partial charge in [-0.3, -0.25) is 0 Å². The Morgan fingerprint density at radius 2 is 2.42 bits per heavy atom. The molecule has 0 spiro atoms. The van der Waals surface area contributed by atoms with Crippen molar-refractivity contribution in [2.45, 2.75) is 6.92 Å². The summed E-state index contributed by atoms with van der Waals surface area (Å²) in [6, 6.07) is 1.84. The summed E-state index contributed by atoms with van der Waals surface area (Å²) >= 11 is 3.26. The average molecular weight is 228 g/mol. The molecular formula is C8H10BrN3. The van der Waals surface area contributed by atoms with Crippen molar-refractivity contribution < 1.29 is 0 Å². The molecule has 0 aliphatic rings. The Kier molecular flexibility index (Phi) is 3.73. The van der Waals surface area contributed by atoms with E-state index in [0.717, 1.165) is 17.0 Å². The monoisotopic (exact) mass is 227 g/mol. The van der Waals surface area contributed by atoms with Crippen LogP contribution in [0.1, 0.15) is 6.92 Å². The fourth-order valence-corrected chi connectivity index (χ4v) is 1.02. The minimum absolute atomic E-state index is 0.792. The van der Waals surface area contributed by atoms with Crippen LogP contribution in [-0.2, 0) is 0 Å². The van der Waals surface area contributed by atoms with E-state index in [2.05, 4.69) is 31.2 Å². The summed E-state index contributed by atoms with van der Waals surface area (Å²) in [6.07, 6.45) is 5.53. The molecule has 0 amide bonds. The molecule has 0 aliphatic heterocycles. The third-order valence-corrected chi connectivity index (χ3v) is 1.70. The molecule has 0 radical (unpaired) electrons. The van der Waals surface area contributed by atoms with Gasteiger partial charge in [-0.15, -0.1) is 0 Å². The van der Waals surface area contributed by atoms with Gasteiger partial charge in [-0.25, -0.2) is 9.97 Å². The first-order valence-corrected chi connectivity index (χ1v) is 4.45. The molecule has 0 bridgehead atoms. The Balaban J connectivity index is 2.52. The highest BCUT2D eigenvalue weighted by Crippen LogP contribution is 2.08. The second-order valence-electron chi connectivity index (χ2n) is 2.18. The Bertz CT molecular complexity index is 273. The standard InChI is InChI=1S/C8H10BrN3/c1-2-3-4-10-8-5-7(9)11-6-12-8/h2-3,5-6H,4H2,1H3,(H,10,11,12)/b3-2+. The molecule has 0 aromatic carbocycles. The predicted octanol–water partition coefficient (Wildman–Crippen LogP) is 2.23. The van der Waals surface area contributed by atoms with Gasteiger partial charge in [-0.2, -0.15) is 0 Å². The van der Waals surface area contributed by atoms with Gasteiger partial charge >= 0.3 is 0 Å². The number of anilines is 1. The van der Waals surface area contributed by atoms with Gasteiger partial charge in [-0.05, 0) is 22.9 Å². The molecule has 1 aromatic heterocycles. The predicted molar refractivity (Wildman–Crippen MR) is 53.0 cm³/mol. The van der Waals surface area contributed by atoms with Crippen LogP contribution in [0.25, 0.3) is 0 Å². The number of allylic oxidation sites excluding steroid dienone is 1. The average Bonchev–Trinajstić information content (AvgIpc) is 2.05. The van der Waals surface area contributed by atoms with Crippen molar-refractivity contribution in [3.63, 3.8) is 0 Å². The van der Waals surface area contributed by atoms with E-state index in [1.165, 1.54) is 6.33 Å². The fraction of sp³-hybridized carbons (Fsp3) is 0.250. The number of halogens is 1. The quantitative estimate of drug-likeness (QED) is 0.636. The first-order chi connectivity index (χ1) is 5.83. The van der Waals surface area contributed by atoms with Gasteiger partial charge in [0.1, 0.15) is 16.7 Å². The van der Waals surface area contributed by atoms with Gasteiger partial charge in [0.25, 0.3) is 0 Å². The van der Waals surface area contributed by atoms with Gasteiger partial charge in [0, 0.05) is 12.6 Å². The lowest BCUT2D eigenvalue weighted by molar-refractivity contribution is 1.12. The maximum absolute atomic E-state index is 4.03. The van der Waals surface area contributed by atoms with Crippen LogP contribution in [-0.4, -0.2) is 16.5 Å². The lowest BCUT2D eigenvalue weighted by Crippen LogP contribution is -2.00. The van der Waals surface area contributed by atoms with Gasteiger partial charge in [-0.1, -0.05) is 12.2 Å². The third-order valence-electron chi connectivity index (χ3n) is 1.27. The molecule has 1 heterocycles. The topological polar surface area (TPSA) is 37.8 Å². The summed E-state index contributed by atoms with van der Waals surface area (Å²) in [7, 11) is 0. The summed E-state index contributed by atoms with van der Waals surface area (Å²) in [6.45, 7) is 2.78. The molecule has 0 saturated carbocycles. The molecule has 1 N–H and O–H groups in total. The van der Waals surface area contributed by atoms with Crippen LogP contribution in [0.3, 0.4) is 0 Å². The van der Waals surface area contributed by atoms with Crippen LogP contribution in [0, 0.1) is 0 Å². The van der Waals surface area contributed by atoms with Crippen LogP contribution in [0.5, 0.6) is 0 Å². The number of rotatable bonds is 3. The zero-order valence-corrected chi connectivity index (χ0v) is 8.37. The molecule has 12 heavy (non-hydrogen) atoms. The summed E-state index contributed by atoms with van der Waals surface area (Å²) in [4.78, 5) is 7.94. The van der Waals surface area contributed by atoms with Gasteiger partial charge < -0.3 is 5.32 Å². The zero-order valence-electron chi connectivity index (χ0n) is 6.79. The van der Waals surface area contributed by atoms with Crippen LogP contribution in [0.4, 0.5) is 5.82 Å². The molecule has 0 unspecified atom stereocenters. The maximum atomic E-state index is 4.03. The van der Waals surface area contributed by atoms with Gasteiger partial charge in [0.2, 0.25) is 0 Å². The van der Waals surface area contributed by atoms with E-state index < -0.39 is 0 Å². The van der Waals surface area contributed by atoms with Crippen LogP contribution < -0.4 is 5.32 Å². The van der Waals surface area contributed by atoms with E-state index in [1.807, 2.05) is 25.1 Å². The van der Waals surface area contributed by atoms with E-state index in [0.29, 0.717) is 0 Å². The van der Waals surface area contributed by atoms with Crippen molar-refractivity contribution in [1.29, 1.82) is 0 Å². The molecule has 0 fully saturated rings. The molecule has 1 aromatic rings. The molecule has 0 saturated heterocycles. The van der Waals surface area contributed by atoms with Crippen molar-refractivity contribution >= 4 is 21.7 Å². The fourth-order valence-electron chi connectivity index (χ4n) is 0.712. The summed E-state index contributed by atoms with van der Waals surface area (Å²) < 4.78 is 0.792. The molecule has 1 rings (SSSR count). The summed E-state index contributed by atoms with van der Waals surface area (Å²) in [5.74, 6) is 0.829. The number of hydrogen-bond donors (Lipinski definition) is 1. The normalized spacial score (nSPS) is 10.5. The number of aromatic nitrogens is 2. The maximum Gasteiger partial charge on any atom is 0.130 e. The van der Waals surface area contributed by atoms with Gasteiger partial charge in [0.05, 0.1) is 0 Å². The lowest BCUT2D eigenvalue weighted by atomic mass is 10.5. The number of hydrogen-bond acceptors (Lipinski definition) is 3. The van der Waals surface area contributed by atoms with E-state index in [9.17, 15) is 0 Å². The van der Waals surface area contributed by atoms with Crippen molar-refractivity contribution in [1.82, 2.24) is 9.97 Å². The Hall–Kier alpha value is -0.900. The van der Waals surface area contributed by atoms with E-state index >= 15 is 0 Å². The second-order valence-corrected chi connectivity index (χ2v) is 2.99. The summed E-state index contributed by atoms with van der Waals surface area (Å²) in [5, 5.41) is 3.12. The number of nitrogens with zero attached hydrogens (tertiary/aromatic N) is 2. The van der Waals surface area contributed by atoms with E-state index in [4.69, 9.17) is 0 Å². The van der Waals surface area contributed by atoms with Crippen molar-refractivity contribution in [3.8, 4) is 0 Å². The Morgan fingerprint density at radius 3 is 3.08 bits per heavy atom. The number of nitrogens with one attached hydrogen (secondary N) is 1. The second kappa shape index (κ2) is 4.87. The smallest absolute Gasteiger partial charge is 0.130 e. The van der Waals surface area contributed by atoms with Crippen LogP contribution in [0.15, 0.2) is 29.1 Å². The molecule has 64 valence electrons. The minimum atomic E-state index is 0.792. The Labute approximate surface area is 80.1 Å². The van der Waals surface area contributed by atoms with Crippen LogP contribution in [0.2, 0.25) is 0 Å². The van der Waals surface area contributed by atoms with E-state index in [-0.39, 0.29) is 0 Å². The van der Waals surface area contributed by atoms with Crippen molar-refractivity contribution in [2.24, 2.45) is 0 Å². The third kappa shape index (κ3) is 3.00.